The third-order valence-electron chi connectivity index (χ3n) is 4.18. The van der Waals surface area contributed by atoms with Crippen molar-refractivity contribution >= 4 is 23.7 Å². The smallest absolute Gasteiger partial charge is 0.262 e. The van der Waals surface area contributed by atoms with Crippen molar-refractivity contribution in [1.29, 1.82) is 0 Å². The maximum Gasteiger partial charge on any atom is 0.262 e. The largest absolute Gasteiger partial charge is 0.484 e. The molecule has 6 heteroatoms. The second-order valence-corrected chi connectivity index (χ2v) is 6.43. The van der Waals surface area contributed by atoms with Crippen molar-refractivity contribution in [1.82, 2.24) is 10.1 Å². The van der Waals surface area contributed by atoms with Crippen molar-refractivity contribution in [2.24, 2.45) is 0 Å². The van der Waals surface area contributed by atoms with Crippen LogP contribution < -0.4 is 10.1 Å². The number of carbonyl (C=O) groups is 1. The molecule has 1 heterocycles. The Morgan fingerprint density at radius 1 is 0.933 bits per heavy atom. The molecule has 6 nitrogen and oxygen atoms in total. The molecule has 30 heavy (non-hydrogen) atoms. The maximum absolute atomic E-state index is 12.0. The zero-order valence-electron chi connectivity index (χ0n) is 16.1. The summed E-state index contributed by atoms with van der Waals surface area (Å²) in [6, 6.07) is 26.3. The van der Waals surface area contributed by atoms with Crippen molar-refractivity contribution in [3.05, 3.63) is 96.4 Å². The van der Waals surface area contributed by atoms with Gasteiger partial charge in [-0.1, -0.05) is 65.8 Å². The van der Waals surface area contributed by atoms with Crippen LogP contribution >= 0.6 is 0 Å². The molecule has 3 aromatic carbocycles. The average Bonchev–Trinajstić information content (AvgIpc) is 3.27. The minimum Gasteiger partial charge on any atom is -0.484 e. The monoisotopic (exact) mass is 397 g/mol. The quantitative estimate of drug-likeness (QED) is 0.479. The molecule has 0 fully saturated rings. The lowest BCUT2D eigenvalue weighted by molar-refractivity contribution is -0.118. The Balaban J connectivity index is 1.38. The van der Waals surface area contributed by atoms with E-state index in [1.165, 1.54) is 0 Å². The van der Waals surface area contributed by atoms with E-state index >= 15 is 0 Å². The highest BCUT2D eigenvalue weighted by molar-refractivity contribution is 5.91. The summed E-state index contributed by atoms with van der Waals surface area (Å²) in [4.78, 5) is 16.4. The summed E-state index contributed by atoms with van der Waals surface area (Å²) in [5, 5.41) is 6.80. The molecular weight excluding hydrogens is 378 g/mol. The van der Waals surface area contributed by atoms with Gasteiger partial charge in [-0.3, -0.25) is 4.79 Å². The third kappa shape index (κ3) is 5.20. The lowest BCUT2D eigenvalue weighted by Crippen LogP contribution is -2.20. The molecule has 0 aliphatic heterocycles. The Kier molecular flexibility index (Phi) is 5.96. The van der Waals surface area contributed by atoms with Crippen molar-refractivity contribution in [3.8, 4) is 17.1 Å². The van der Waals surface area contributed by atoms with E-state index in [2.05, 4.69) is 15.5 Å². The first-order valence-corrected chi connectivity index (χ1v) is 9.41. The number of nitrogens with one attached hydrogen (secondary N) is 1. The van der Waals surface area contributed by atoms with Gasteiger partial charge in [0.25, 0.3) is 11.8 Å². The van der Waals surface area contributed by atoms with Crippen LogP contribution in [0.25, 0.3) is 23.5 Å². The molecule has 4 rings (SSSR count). The first kappa shape index (κ1) is 19.1. The summed E-state index contributed by atoms with van der Waals surface area (Å²) in [5.74, 6) is 1.16. The molecule has 0 atom stereocenters. The van der Waals surface area contributed by atoms with E-state index in [9.17, 15) is 4.79 Å². The minimum atomic E-state index is -0.237. The number of amides is 1. The van der Waals surface area contributed by atoms with Crippen molar-refractivity contribution in [2.75, 3.05) is 11.9 Å². The van der Waals surface area contributed by atoms with Gasteiger partial charge in [0.1, 0.15) is 5.75 Å². The first-order valence-electron chi connectivity index (χ1n) is 9.41. The molecule has 148 valence electrons. The normalized spacial score (nSPS) is 10.8. The number of para-hydroxylation sites is 1. The van der Waals surface area contributed by atoms with Crippen LogP contribution in [-0.4, -0.2) is 22.7 Å². The summed E-state index contributed by atoms with van der Waals surface area (Å²) in [6.07, 6.45) is 3.67. The van der Waals surface area contributed by atoms with E-state index in [1.807, 2.05) is 78.9 Å². The van der Waals surface area contributed by atoms with E-state index in [0.29, 0.717) is 17.5 Å². The van der Waals surface area contributed by atoms with E-state index < -0.39 is 0 Å². The van der Waals surface area contributed by atoms with Gasteiger partial charge in [0.15, 0.2) is 6.61 Å². The molecule has 0 saturated heterocycles. The second kappa shape index (κ2) is 9.34. The lowest BCUT2D eigenvalue weighted by atomic mass is 10.2. The predicted molar refractivity (Wildman–Crippen MR) is 116 cm³/mol. The zero-order valence-corrected chi connectivity index (χ0v) is 16.1. The van der Waals surface area contributed by atoms with Gasteiger partial charge in [0.05, 0.1) is 0 Å². The summed E-state index contributed by atoms with van der Waals surface area (Å²) >= 11 is 0. The van der Waals surface area contributed by atoms with Gasteiger partial charge in [-0.2, -0.15) is 4.98 Å². The zero-order chi connectivity index (χ0) is 20.6. The Morgan fingerprint density at radius 3 is 2.50 bits per heavy atom. The van der Waals surface area contributed by atoms with Crippen LogP contribution in [-0.2, 0) is 4.79 Å². The van der Waals surface area contributed by atoms with Gasteiger partial charge in [-0.05, 0) is 35.9 Å². The topological polar surface area (TPSA) is 77.2 Å². The average molecular weight is 397 g/mol. The third-order valence-corrected chi connectivity index (χ3v) is 4.18. The first-order chi connectivity index (χ1) is 14.8. The molecule has 1 amide bonds. The number of aromatic nitrogens is 2. The second-order valence-electron chi connectivity index (χ2n) is 6.43. The summed E-state index contributed by atoms with van der Waals surface area (Å²) < 4.78 is 10.9. The molecule has 0 radical (unpaired) electrons. The molecule has 0 aliphatic rings. The fourth-order valence-corrected chi connectivity index (χ4v) is 2.74. The Hall–Kier alpha value is -4.19. The van der Waals surface area contributed by atoms with E-state index in [-0.39, 0.29) is 12.5 Å². The highest BCUT2D eigenvalue weighted by Crippen LogP contribution is 2.22. The SMILES string of the molecule is O=C(COc1cccc(-c2noc(C=Cc3ccccc3)n2)c1)Nc1ccccc1. The molecule has 1 aromatic heterocycles. The molecule has 0 saturated carbocycles. The number of anilines is 1. The Labute approximate surface area is 173 Å². The molecular formula is C24H19N3O3. The highest BCUT2D eigenvalue weighted by atomic mass is 16.5. The molecule has 1 N–H and O–H groups in total. The molecule has 4 aromatic rings. The van der Waals surface area contributed by atoms with Crippen LogP contribution in [0.1, 0.15) is 11.5 Å². The van der Waals surface area contributed by atoms with Crippen molar-refractivity contribution in [3.63, 3.8) is 0 Å². The predicted octanol–water partition coefficient (Wildman–Crippen LogP) is 4.92. The van der Waals surface area contributed by atoms with Crippen molar-refractivity contribution in [2.45, 2.75) is 0 Å². The number of nitrogens with zero attached hydrogens (tertiary/aromatic N) is 2. The molecule has 0 aliphatic carbocycles. The number of carbonyl (C=O) groups excluding carboxylic acids is 1. The van der Waals surface area contributed by atoms with E-state index in [4.69, 9.17) is 9.26 Å². The van der Waals surface area contributed by atoms with Crippen LogP contribution in [0.5, 0.6) is 5.75 Å². The van der Waals surface area contributed by atoms with Gasteiger partial charge in [0.2, 0.25) is 5.82 Å². The van der Waals surface area contributed by atoms with Crippen LogP contribution in [0.3, 0.4) is 0 Å². The highest BCUT2D eigenvalue weighted by Gasteiger charge is 2.09. The van der Waals surface area contributed by atoms with E-state index in [1.54, 1.807) is 18.2 Å². The number of rotatable bonds is 7. The number of hydrogen-bond donors (Lipinski definition) is 1. The summed E-state index contributed by atoms with van der Waals surface area (Å²) in [6.45, 7) is -0.102. The summed E-state index contributed by atoms with van der Waals surface area (Å²) in [5.41, 5.74) is 2.50. The number of hydrogen-bond acceptors (Lipinski definition) is 5. The van der Waals surface area contributed by atoms with Gasteiger partial charge in [0, 0.05) is 17.3 Å². The standard InChI is InChI=1S/C24H19N3O3/c28-22(25-20-11-5-2-6-12-20)17-29-21-13-7-10-19(16-21)24-26-23(30-27-24)15-14-18-8-3-1-4-9-18/h1-16H,17H2,(H,25,28). The van der Waals surface area contributed by atoms with Gasteiger partial charge >= 0.3 is 0 Å². The maximum atomic E-state index is 12.0. The Morgan fingerprint density at radius 2 is 1.70 bits per heavy atom. The molecule has 0 unspecified atom stereocenters. The number of benzene rings is 3. The fraction of sp³-hybridized carbons (Fsp3) is 0.0417. The Bertz CT molecular complexity index is 1140. The molecule has 0 bridgehead atoms. The van der Waals surface area contributed by atoms with Crippen LogP contribution in [0.4, 0.5) is 5.69 Å². The van der Waals surface area contributed by atoms with Crippen LogP contribution in [0.2, 0.25) is 0 Å². The summed E-state index contributed by atoms with van der Waals surface area (Å²) in [7, 11) is 0. The lowest BCUT2D eigenvalue weighted by Gasteiger charge is -2.08. The van der Waals surface area contributed by atoms with E-state index in [0.717, 1.165) is 16.8 Å². The molecule has 0 spiro atoms. The van der Waals surface area contributed by atoms with Crippen LogP contribution in [0.15, 0.2) is 89.5 Å². The van der Waals surface area contributed by atoms with Gasteiger partial charge in [-0.25, -0.2) is 0 Å². The van der Waals surface area contributed by atoms with Gasteiger partial charge in [-0.15, -0.1) is 0 Å². The minimum absolute atomic E-state index is 0.102. The van der Waals surface area contributed by atoms with Crippen molar-refractivity contribution < 1.29 is 14.1 Å². The van der Waals surface area contributed by atoms with Crippen LogP contribution in [0, 0.1) is 0 Å². The fourth-order valence-electron chi connectivity index (χ4n) is 2.74. The number of ether oxygens (including phenoxy) is 1. The van der Waals surface area contributed by atoms with Gasteiger partial charge < -0.3 is 14.6 Å².